The molecule has 0 aromatic heterocycles. The summed E-state index contributed by atoms with van der Waals surface area (Å²) in [5.41, 5.74) is 5.35. The molecule has 0 rings (SSSR count). The minimum absolute atomic E-state index is 0.164. The molecule has 1 amide bonds. The highest BCUT2D eigenvalue weighted by Gasteiger charge is 2.23. The normalized spacial score (nSPS) is 13.6. The highest BCUT2D eigenvalue weighted by atomic mass is 16.2. The number of nitrogens with one attached hydrogen (secondary N) is 1. The Kier molecular flexibility index (Phi) is 7.39. The second-order valence-corrected chi connectivity index (χ2v) is 5.16. The van der Waals surface area contributed by atoms with Gasteiger partial charge in [-0.1, -0.05) is 26.7 Å². The summed E-state index contributed by atoms with van der Waals surface area (Å²) in [6, 6.07) is 0. The second kappa shape index (κ2) is 7.66. The zero-order valence-corrected chi connectivity index (χ0v) is 11.3. The van der Waals surface area contributed by atoms with Crippen molar-refractivity contribution in [2.75, 3.05) is 6.54 Å². The standard InChI is InChI=1S/C13H28N2O/c1-5-7-8-11(6-2)12(16)15-13(3,4)9-10-14/h11H,5-10,14H2,1-4H3,(H,15,16). The first-order valence-corrected chi connectivity index (χ1v) is 6.49. The molecule has 96 valence electrons. The van der Waals surface area contributed by atoms with Crippen molar-refractivity contribution in [2.45, 2.75) is 65.3 Å². The van der Waals surface area contributed by atoms with Gasteiger partial charge in [0.15, 0.2) is 0 Å². The first-order chi connectivity index (χ1) is 7.46. The minimum atomic E-state index is -0.175. The SMILES string of the molecule is CCCCC(CC)C(=O)NC(C)(C)CCN. The van der Waals surface area contributed by atoms with Crippen LogP contribution in [0.15, 0.2) is 0 Å². The maximum Gasteiger partial charge on any atom is 0.223 e. The molecule has 0 aromatic rings. The van der Waals surface area contributed by atoms with E-state index in [1.54, 1.807) is 0 Å². The van der Waals surface area contributed by atoms with Crippen LogP contribution in [0.2, 0.25) is 0 Å². The van der Waals surface area contributed by atoms with Gasteiger partial charge in [0.2, 0.25) is 5.91 Å². The summed E-state index contributed by atoms with van der Waals surface area (Å²) in [6.07, 6.45) is 5.02. The van der Waals surface area contributed by atoms with Crippen LogP contribution in [0.1, 0.15) is 59.8 Å². The summed E-state index contributed by atoms with van der Waals surface area (Å²) < 4.78 is 0. The topological polar surface area (TPSA) is 55.1 Å². The smallest absolute Gasteiger partial charge is 0.223 e. The van der Waals surface area contributed by atoms with Crippen LogP contribution in [-0.2, 0) is 4.79 Å². The number of hydrogen-bond donors (Lipinski definition) is 2. The van der Waals surface area contributed by atoms with E-state index >= 15 is 0 Å². The maximum absolute atomic E-state index is 12.0. The molecular weight excluding hydrogens is 200 g/mol. The predicted octanol–water partition coefficient (Wildman–Crippen LogP) is 2.45. The van der Waals surface area contributed by atoms with Crippen LogP contribution < -0.4 is 11.1 Å². The van der Waals surface area contributed by atoms with E-state index in [1.807, 2.05) is 13.8 Å². The average molecular weight is 228 g/mol. The lowest BCUT2D eigenvalue weighted by atomic mass is 9.95. The molecule has 16 heavy (non-hydrogen) atoms. The number of rotatable bonds is 8. The molecule has 0 radical (unpaired) electrons. The summed E-state index contributed by atoms with van der Waals surface area (Å²) >= 11 is 0. The number of amides is 1. The fourth-order valence-corrected chi connectivity index (χ4v) is 1.83. The van der Waals surface area contributed by atoms with E-state index in [1.165, 1.54) is 0 Å². The lowest BCUT2D eigenvalue weighted by Crippen LogP contribution is -2.47. The van der Waals surface area contributed by atoms with E-state index in [4.69, 9.17) is 5.73 Å². The summed E-state index contributed by atoms with van der Waals surface area (Å²) in [7, 11) is 0. The monoisotopic (exact) mass is 228 g/mol. The van der Waals surface area contributed by atoms with Gasteiger partial charge in [0, 0.05) is 11.5 Å². The highest BCUT2D eigenvalue weighted by Crippen LogP contribution is 2.15. The Morgan fingerprint density at radius 1 is 1.38 bits per heavy atom. The van der Waals surface area contributed by atoms with Gasteiger partial charge in [-0.15, -0.1) is 0 Å². The van der Waals surface area contributed by atoms with Crippen molar-refractivity contribution in [1.82, 2.24) is 5.32 Å². The van der Waals surface area contributed by atoms with Crippen LogP contribution in [0.5, 0.6) is 0 Å². The Morgan fingerprint density at radius 3 is 2.44 bits per heavy atom. The quantitative estimate of drug-likeness (QED) is 0.670. The molecule has 0 spiro atoms. The zero-order chi connectivity index (χ0) is 12.6. The lowest BCUT2D eigenvalue weighted by Gasteiger charge is -2.28. The molecule has 1 atom stereocenters. The first kappa shape index (κ1) is 15.4. The average Bonchev–Trinajstić information content (AvgIpc) is 2.17. The molecule has 3 heteroatoms. The molecule has 0 saturated heterocycles. The molecule has 3 nitrogen and oxygen atoms in total. The van der Waals surface area contributed by atoms with Crippen molar-refractivity contribution in [3.8, 4) is 0 Å². The molecule has 0 aliphatic carbocycles. The second-order valence-electron chi connectivity index (χ2n) is 5.16. The molecule has 0 fully saturated rings. The van der Waals surface area contributed by atoms with Crippen molar-refractivity contribution in [3.05, 3.63) is 0 Å². The van der Waals surface area contributed by atoms with Crippen LogP contribution >= 0.6 is 0 Å². The van der Waals surface area contributed by atoms with E-state index in [2.05, 4.69) is 19.2 Å². The number of nitrogens with two attached hydrogens (primary N) is 1. The third kappa shape index (κ3) is 6.11. The van der Waals surface area contributed by atoms with Crippen LogP contribution in [0.4, 0.5) is 0 Å². The third-order valence-electron chi connectivity index (χ3n) is 3.00. The van der Waals surface area contributed by atoms with Gasteiger partial charge < -0.3 is 11.1 Å². The highest BCUT2D eigenvalue weighted by molar-refractivity contribution is 5.79. The Balaban J connectivity index is 4.19. The van der Waals surface area contributed by atoms with Gasteiger partial charge in [-0.2, -0.15) is 0 Å². The van der Waals surface area contributed by atoms with Gasteiger partial charge in [-0.3, -0.25) is 4.79 Å². The van der Waals surface area contributed by atoms with Gasteiger partial charge in [0.1, 0.15) is 0 Å². The first-order valence-electron chi connectivity index (χ1n) is 6.49. The van der Waals surface area contributed by atoms with Crippen LogP contribution in [0, 0.1) is 5.92 Å². The van der Waals surface area contributed by atoms with E-state index in [0.29, 0.717) is 6.54 Å². The van der Waals surface area contributed by atoms with E-state index in [0.717, 1.165) is 32.1 Å². The van der Waals surface area contributed by atoms with Crippen molar-refractivity contribution in [3.63, 3.8) is 0 Å². The molecule has 0 aliphatic heterocycles. The van der Waals surface area contributed by atoms with Crippen molar-refractivity contribution >= 4 is 5.91 Å². The van der Waals surface area contributed by atoms with Crippen molar-refractivity contribution < 1.29 is 4.79 Å². The van der Waals surface area contributed by atoms with E-state index in [9.17, 15) is 4.79 Å². The van der Waals surface area contributed by atoms with Gasteiger partial charge in [-0.05, 0) is 39.7 Å². The fourth-order valence-electron chi connectivity index (χ4n) is 1.83. The van der Waals surface area contributed by atoms with Gasteiger partial charge in [-0.25, -0.2) is 0 Å². The predicted molar refractivity (Wildman–Crippen MR) is 69.2 cm³/mol. The molecule has 0 saturated carbocycles. The zero-order valence-electron chi connectivity index (χ0n) is 11.3. The van der Waals surface area contributed by atoms with E-state index < -0.39 is 0 Å². The van der Waals surface area contributed by atoms with Crippen LogP contribution in [0.3, 0.4) is 0 Å². The van der Waals surface area contributed by atoms with Crippen molar-refractivity contribution in [2.24, 2.45) is 11.7 Å². The molecule has 1 unspecified atom stereocenters. The summed E-state index contributed by atoms with van der Waals surface area (Å²) in [4.78, 5) is 12.0. The van der Waals surface area contributed by atoms with Gasteiger partial charge in [0.05, 0.1) is 0 Å². The summed E-state index contributed by atoms with van der Waals surface area (Å²) in [5, 5.41) is 3.10. The number of unbranched alkanes of at least 4 members (excludes halogenated alkanes) is 1. The molecular formula is C13H28N2O. The number of hydrogen-bond acceptors (Lipinski definition) is 2. The molecule has 0 heterocycles. The Hall–Kier alpha value is -0.570. The largest absolute Gasteiger partial charge is 0.351 e. The molecule has 3 N–H and O–H groups in total. The number of carbonyl (C=O) groups excluding carboxylic acids is 1. The lowest BCUT2D eigenvalue weighted by molar-refractivity contribution is -0.127. The van der Waals surface area contributed by atoms with Crippen molar-refractivity contribution in [1.29, 1.82) is 0 Å². The van der Waals surface area contributed by atoms with Crippen LogP contribution in [-0.4, -0.2) is 18.0 Å². The maximum atomic E-state index is 12.0. The van der Waals surface area contributed by atoms with Crippen LogP contribution in [0.25, 0.3) is 0 Å². The number of carbonyl (C=O) groups is 1. The van der Waals surface area contributed by atoms with Gasteiger partial charge in [0.25, 0.3) is 0 Å². The van der Waals surface area contributed by atoms with Gasteiger partial charge >= 0.3 is 0 Å². The molecule has 0 aromatic carbocycles. The summed E-state index contributed by atoms with van der Waals surface area (Å²) in [6.45, 7) is 8.91. The third-order valence-corrected chi connectivity index (χ3v) is 3.00. The molecule has 0 bridgehead atoms. The minimum Gasteiger partial charge on any atom is -0.351 e. The Bertz CT molecular complexity index is 202. The Morgan fingerprint density at radius 2 is 2.00 bits per heavy atom. The Labute approximate surface area is 100 Å². The molecule has 0 aliphatic rings. The summed E-state index contributed by atoms with van der Waals surface area (Å²) in [5.74, 6) is 0.353. The fraction of sp³-hybridized carbons (Fsp3) is 0.923. The van der Waals surface area contributed by atoms with E-state index in [-0.39, 0.29) is 17.4 Å².